The number of carboxylic acid groups (broad SMARTS) is 1. The molecule has 1 saturated heterocycles. The molecule has 106 valence electrons. The van der Waals surface area contributed by atoms with Crippen molar-refractivity contribution in [1.29, 1.82) is 0 Å². The number of hydrogen-bond donors (Lipinski definition) is 1. The summed E-state index contributed by atoms with van der Waals surface area (Å²) in [7, 11) is 0. The van der Waals surface area contributed by atoms with Gasteiger partial charge in [0.15, 0.2) is 5.17 Å². The lowest BCUT2D eigenvalue weighted by molar-refractivity contribution is -0.135. The van der Waals surface area contributed by atoms with E-state index in [1.54, 1.807) is 0 Å². The maximum absolute atomic E-state index is 11.7. The Morgan fingerprint density at radius 2 is 2.21 bits per heavy atom. The number of ketones is 1. The van der Waals surface area contributed by atoms with Crippen LogP contribution in [-0.2, 0) is 14.3 Å². The first-order valence-corrected chi connectivity index (χ1v) is 7.33. The van der Waals surface area contributed by atoms with Crippen LogP contribution >= 0.6 is 11.8 Å². The van der Waals surface area contributed by atoms with Crippen molar-refractivity contribution in [1.82, 2.24) is 4.90 Å². The van der Waals surface area contributed by atoms with Gasteiger partial charge in [-0.2, -0.15) is 0 Å². The molecule has 1 aliphatic heterocycles. The van der Waals surface area contributed by atoms with Gasteiger partial charge in [0.25, 0.3) is 0 Å². The molecule has 1 heterocycles. The summed E-state index contributed by atoms with van der Waals surface area (Å²) in [5.41, 5.74) is 0. The molecule has 0 aromatic rings. The molecule has 1 N–H and O–H groups in total. The summed E-state index contributed by atoms with van der Waals surface area (Å²) in [6, 6.07) is 0. The summed E-state index contributed by atoms with van der Waals surface area (Å²) in [6.07, 6.45) is 2.42. The van der Waals surface area contributed by atoms with E-state index < -0.39 is 5.97 Å². The highest BCUT2D eigenvalue weighted by atomic mass is 32.2. The molecule has 2 rings (SSSR count). The van der Waals surface area contributed by atoms with Crippen molar-refractivity contribution in [3.63, 3.8) is 0 Å². The Morgan fingerprint density at radius 1 is 1.47 bits per heavy atom. The lowest BCUT2D eigenvalue weighted by atomic mass is 10.3. The van der Waals surface area contributed by atoms with Crippen LogP contribution in [0.5, 0.6) is 0 Å². The van der Waals surface area contributed by atoms with Gasteiger partial charge in [-0.05, 0) is 12.8 Å². The number of nitrogens with zero attached hydrogens (tertiary/aromatic N) is 2. The smallest absolute Gasteiger partial charge is 0.325 e. The number of aliphatic imine (C=N–C) groups is 1. The molecule has 6 nitrogen and oxygen atoms in total. The number of aliphatic carboxylic acids is 1. The summed E-state index contributed by atoms with van der Waals surface area (Å²) in [5.74, 6) is -0.703. The minimum absolute atomic E-state index is 0.0598. The fraction of sp³-hybridized carbons (Fsp3) is 0.750. The molecular formula is C12H18N2O4S. The largest absolute Gasteiger partial charge is 0.480 e. The van der Waals surface area contributed by atoms with Crippen molar-refractivity contribution in [3.05, 3.63) is 0 Å². The van der Waals surface area contributed by atoms with Crippen LogP contribution < -0.4 is 0 Å². The highest BCUT2D eigenvalue weighted by molar-refractivity contribution is 8.14. The van der Waals surface area contributed by atoms with Gasteiger partial charge >= 0.3 is 5.97 Å². The second kappa shape index (κ2) is 6.91. The number of amidine groups is 1. The summed E-state index contributed by atoms with van der Waals surface area (Å²) in [4.78, 5) is 28.5. The van der Waals surface area contributed by atoms with Gasteiger partial charge in [-0.1, -0.05) is 11.8 Å². The first-order chi connectivity index (χ1) is 9.16. The average molecular weight is 286 g/mol. The predicted octanol–water partition coefficient (Wildman–Crippen LogP) is 0.614. The maximum Gasteiger partial charge on any atom is 0.325 e. The normalized spacial score (nSPS) is 24.8. The van der Waals surface area contributed by atoms with Gasteiger partial charge in [0, 0.05) is 19.5 Å². The van der Waals surface area contributed by atoms with Crippen LogP contribution in [-0.4, -0.2) is 65.0 Å². The minimum Gasteiger partial charge on any atom is -0.480 e. The minimum atomic E-state index is -0.955. The van der Waals surface area contributed by atoms with Crippen LogP contribution in [0.4, 0.5) is 0 Å². The van der Waals surface area contributed by atoms with Crippen molar-refractivity contribution < 1.29 is 19.4 Å². The number of carboxylic acids is 1. The Morgan fingerprint density at radius 3 is 2.79 bits per heavy atom. The number of Topliss-reactive ketones (excluding diaryl/α,β-unsaturated/α-hetero) is 1. The predicted molar refractivity (Wildman–Crippen MR) is 72.6 cm³/mol. The van der Waals surface area contributed by atoms with E-state index in [0.717, 1.165) is 12.8 Å². The third kappa shape index (κ3) is 4.21. The van der Waals surface area contributed by atoms with E-state index >= 15 is 0 Å². The van der Waals surface area contributed by atoms with Crippen LogP contribution in [0.15, 0.2) is 4.99 Å². The van der Waals surface area contributed by atoms with Crippen molar-refractivity contribution >= 4 is 28.7 Å². The highest BCUT2D eigenvalue weighted by Gasteiger charge is 2.28. The van der Waals surface area contributed by atoms with Crippen LogP contribution in [0.1, 0.15) is 19.3 Å². The number of morpholine rings is 1. The average Bonchev–Trinajstić information content (AvgIpc) is 2.81. The zero-order valence-corrected chi connectivity index (χ0v) is 11.5. The quantitative estimate of drug-likeness (QED) is 0.605. The van der Waals surface area contributed by atoms with Gasteiger partial charge in [0.1, 0.15) is 12.3 Å². The lowest BCUT2D eigenvalue weighted by Crippen LogP contribution is -2.40. The maximum atomic E-state index is 11.7. The summed E-state index contributed by atoms with van der Waals surface area (Å²) in [6.45, 7) is 2.38. The van der Waals surface area contributed by atoms with Crippen LogP contribution in [0.2, 0.25) is 0 Å². The molecule has 0 amide bonds. The fourth-order valence-corrected chi connectivity index (χ4v) is 3.40. The van der Waals surface area contributed by atoms with Crippen LogP contribution in [0, 0.1) is 0 Å². The fourth-order valence-electron chi connectivity index (χ4n) is 2.14. The first-order valence-electron chi connectivity index (χ1n) is 6.45. The van der Waals surface area contributed by atoms with Crippen LogP contribution in [0.25, 0.3) is 0 Å². The third-order valence-corrected chi connectivity index (χ3v) is 4.51. The van der Waals surface area contributed by atoms with Crippen molar-refractivity contribution in [2.45, 2.75) is 24.5 Å². The van der Waals surface area contributed by atoms with E-state index in [1.807, 2.05) is 4.90 Å². The second-order valence-corrected chi connectivity index (χ2v) is 5.73. The summed E-state index contributed by atoms with van der Waals surface area (Å²) >= 11 is 1.42. The molecular weight excluding hydrogens is 268 g/mol. The van der Waals surface area contributed by atoms with E-state index in [4.69, 9.17) is 9.84 Å². The van der Waals surface area contributed by atoms with Crippen molar-refractivity contribution in [2.24, 2.45) is 4.99 Å². The Bertz CT molecular complexity index is 380. The first kappa shape index (κ1) is 14.3. The Hall–Kier alpha value is -1.08. The standard InChI is InChI=1S/C12H18N2O4S/c15-9-2-1-3-10(9)19-12(13-8-11(16)17)14-4-6-18-7-5-14/h10H,1-8H2,(H,16,17)/b13-12-. The molecule has 19 heavy (non-hydrogen) atoms. The molecule has 7 heteroatoms. The van der Waals surface area contributed by atoms with Crippen LogP contribution in [0.3, 0.4) is 0 Å². The molecule has 1 atom stereocenters. The monoisotopic (exact) mass is 286 g/mol. The van der Waals surface area contributed by atoms with E-state index in [1.165, 1.54) is 11.8 Å². The van der Waals surface area contributed by atoms with Crippen molar-refractivity contribution in [3.8, 4) is 0 Å². The van der Waals surface area contributed by atoms with Crippen molar-refractivity contribution in [2.75, 3.05) is 32.8 Å². The van der Waals surface area contributed by atoms with E-state index in [0.29, 0.717) is 37.9 Å². The van der Waals surface area contributed by atoms with E-state index in [-0.39, 0.29) is 17.6 Å². The summed E-state index contributed by atoms with van der Waals surface area (Å²) in [5, 5.41) is 9.36. The molecule has 0 spiro atoms. The third-order valence-electron chi connectivity index (χ3n) is 3.13. The molecule has 0 aromatic heterocycles. The molecule has 1 unspecified atom stereocenters. The van der Waals surface area contributed by atoms with Gasteiger partial charge in [-0.25, -0.2) is 0 Å². The Labute approximate surface area is 116 Å². The molecule has 0 bridgehead atoms. The molecule has 0 aromatic carbocycles. The molecule has 1 aliphatic carbocycles. The number of hydrogen-bond acceptors (Lipinski definition) is 5. The van der Waals surface area contributed by atoms with Gasteiger partial charge < -0.3 is 14.7 Å². The Balaban J connectivity index is 2.02. The SMILES string of the molecule is O=C(O)C/N=C(\SC1CCCC1=O)N1CCOCC1. The lowest BCUT2D eigenvalue weighted by Gasteiger charge is -2.30. The number of carbonyl (C=O) groups is 2. The van der Waals surface area contributed by atoms with E-state index in [9.17, 15) is 9.59 Å². The molecule has 2 fully saturated rings. The topological polar surface area (TPSA) is 79.2 Å². The number of thioether (sulfide) groups is 1. The highest BCUT2D eigenvalue weighted by Crippen LogP contribution is 2.29. The Kier molecular flexibility index (Phi) is 5.21. The number of ether oxygens (including phenoxy) is 1. The zero-order chi connectivity index (χ0) is 13.7. The molecule has 2 aliphatic rings. The van der Waals surface area contributed by atoms with Gasteiger partial charge in [-0.15, -0.1) is 0 Å². The molecule has 0 radical (unpaired) electrons. The zero-order valence-electron chi connectivity index (χ0n) is 10.7. The summed E-state index contributed by atoms with van der Waals surface area (Å²) < 4.78 is 5.28. The van der Waals surface area contributed by atoms with E-state index in [2.05, 4.69) is 4.99 Å². The van der Waals surface area contributed by atoms with Gasteiger partial charge in [-0.3, -0.25) is 14.6 Å². The second-order valence-electron chi connectivity index (χ2n) is 4.56. The van der Waals surface area contributed by atoms with Gasteiger partial charge in [0.05, 0.1) is 18.5 Å². The number of rotatable bonds is 3. The van der Waals surface area contributed by atoms with Gasteiger partial charge in [0.2, 0.25) is 0 Å². The number of carbonyl (C=O) groups excluding carboxylic acids is 1. The molecule has 1 saturated carbocycles.